The first-order valence-electron chi connectivity index (χ1n) is 5.10. The van der Waals surface area contributed by atoms with Crippen molar-refractivity contribution < 1.29 is 15.7 Å². The molecule has 0 aliphatic rings. The molecule has 0 spiro atoms. The van der Waals surface area contributed by atoms with Gasteiger partial charge in [-0.25, -0.2) is 0 Å². The zero-order valence-electron chi connectivity index (χ0n) is 8.88. The van der Waals surface area contributed by atoms with Gasteiger partial charge in [0, 0.05) is 0 Å². The van der Waals surface area contributed by atoms with Gasteiger partial charge in [-0.2, -0.15) is 0 Å². The molecule has 2 rings (SSSR count). The Morgan fingerprint density at radius 1 is 0.688 bits per heavy atom. The molecule has 16 heavy (non-hydrogen) atoms. The summed E-state index contributed by atoms with van der Waals surface area (Å²) < 4.78 is 0. The minimum atomic E-state index is -0.967. The summed E-state index contributed by atoms with van der Waals surface area (Å²) in [5, 5.41) is 0. The zero-order valence-corrected chi connectivity index (χ0v) is 11.2. The summed E-state index contributed by atoms with van der Waals surface area (Å²) in [6, 6.07) is 21.0. The van der Waals surface area contributed by atoms with Gasteiger partial charge in [-0.15, -0.1) is 0 Å². The van der Waals surface area contributed by atoms with Crippen LogP contribution >= 0.6 is 9.53 Å². The average Bonchev–Trinajstić information content (AvgIpc) is 2.31. The Morgan fingerprint density at radius 2 is 1.06 bits per heavy atom. The second-order valence-electron chi connectivity index (χ2n) is 3.52. The van der Waals surface area contributed by atoms with Gasteiger partial charge in [-0.05, 0) is 0 Å². The fraction of sp³-hybridized carbons (Fsp3) is 0.143. The molecular formula is C14H14ClPd. The monoisotopic (exact) mass is 323 g/mol. The first-order chi connectivity index (χ1) is 7.84. The van der Waals surface area contributed by atoms with E-state index < -0.39 is 15.7 Å². The van der Waals surface area contributed by atoms with Gasteiger partial charge < -0.3 is 0 Å². The van der Waals surface area contributed by atoms with E-state index in [0.717, 1.165) is 9.79 Å². The molecule has 0 saturated heterocycles. The van der Waals surface area contributed by atoms with E-state index in [1.165, 1.54) is 11.1 Å². The Hall–Kier alpha value is -0.608. The van der Waals surface area contributed by atoms with Gasteiger partial charge in [0.05, 0.1) is 0 Å². The van der Waals surface area contributed by atoms with Crippen LogP contribution in [0.5, 0.6) is 0 Å². The van der Waals surface area contributed by atoms with E-state index in [4.69, 9.17) is 9.53 Å². The molecule has 0 saturated carbocycles. The van der Waals surface area contributed by atoms with Gasteiger partial charge in [-0.1, -0.05) is 0 Å². The Bertz CT molecular complexity index is 372. The first kappa shape index (κ1) is 11.9. The van der Waals surface area contributed by atoms with Crippen LogP contribution in [0.15, 0.2) is 60.7 Å². The fourth-order valence-electron chi connectivity index (χ4n) is 1.42. The van der Waals surface area contributed by atoms with Gasteiger partial charge in [0.25, 0.3) is 0 Å². The van der Waals surface area contributed by atoms with Gasteiger partial charge >= 0.3 is 107 Å². The van der Waals surface area contributed by atoms with E-state index in [1.807, 2.05) is 12.1 Å². The third-order valence-corrected chi connectivity index (χ3v) is 5.65. The molecule has 2 aromatic rings. The standard InChI is InChI=1S/2C7H7.ClH.Pd/c2*1-7-5-3-2-4-6-7;;/h2*2-6H,1H2;1H;/q;;;+1/p-1. The molecule has 0 nitrogen and oxygen atoms in total. The molecule has 0 atom stereocenters. The maximum absolute atomic E-state index is 6.47. The van der Waals surface area contributed by atoms with Gasteiger partial charge in [0.15, 0.2) is 0 Å². The number of hydrogen-bond donors (Lipinski definition) is 0. The molecule has 0 bridgehead atoms. The molecule has 0 fully saturated rings. The third kappa shape index (κ3) is 3.76. The molecule has 87 valence electrons. The third-order valence-electron chi connectivity index (χ3n) is 2.19. The van der Waals surface area contributed by atoms with Crippen molar-refractivity contribution in [2.24, 2.45) is 0 Å². The van der Waals surface area contributed by atoms with Crippen molar-refractivity contribution in [2.45, 2.75) is 9.79 Å². The Balaban J connectivity index is 1.92. The Kier molecular flexibility index (Phi) is 4.60. The van der Waals surface area contributed by atoms with Crippen LogP contribution in [-0.4, -0.2) is 0 Å². The molecule has 0 amide bonds. The van der Waals surface area contributed by atoms with Crippen LogP contribution in [0.1, 0.15) is 11.1 Å². The normalized spacial score (nSPS) is 11.2. The van der Waals surface area contributed by atoms with Crippen molar-refractivity contribution in [1.82, 2.24) is 0 Å². The second-order valence-corrected chi connectivity index (χ2v) is 8.23. The molecule has 0 N–H and O–H groups in total. The SMILES string of the molecule is [Cl][Pd]([CH2]c1ccccc1)[CH2]c1ccccc1. The quantitative estimate of drug-likeness (QED) is 0.741. The molecule has 0 aromatic heterocycles. The summed E-state index contributed by atoms with van der Waals surface area (Å²) in [5.41, 5.74) is 2.71. The summed E-state index contributed by atoms with van der Waals surface area (Å²) in [5.74, 6) is 0. The number of hydrogen-bond acceptors (Lipinski definition) is 0. The topological polar surface area (TPSA) is 0 Å². The van der Waals surface area contributed by atoms with Crippen molar-refractivity contribution in [1.29, 1.82) is 0 Å². The van der Waals surface area contributed by atoms with Crippen LogP contribution < -0.4 is 0 Å². The molecule has 0 aliphatic carbocycles. The van der Waals surface area contributed by atoms with Crippen LogP contribution in [0.4, 0.5) is 0 Å². The number of halogens is 1. The summed E-state index contributed by atoms with van der Waals surface area (Å²) in [7, 11) is 6.47. The van der Waals surface area contributed by atoms with Crippen molar-refractivity contribution in [2.75, 3.05) is 0 Å². The number of rotatable bonds is 4. The van der Waals surface area contributed by atoms with E-state index >= 15 is 0 Å². The molecule has 0 aliphatic heterocycles. The summed E-state index contributed by atoms with van der Waals surface area (Å²) in [6.45, 7) is 0. The zero-order chi connectivity index (χ0) is 11.2. The molecule has 0 heterocycles. The van der Waals surface area contributed by atoms with Gasteiger partial charge in [-0.3, -0.25) is 0 Å². The first-order valence-corrected chi connectivity index (χ1v) is 9.30. The van der Waals surface area contributed by atoms with E-state index in [0.29, 0.717) is 0 Å². The van der Waals surface area contributed by atoms with Crippen molar-refractivity contribution in [3.63, 3.8) is 0 Å². The van der Waals surface area contributed by atoms with E-state index in [9.17, 15) is 0 Å². The van der Waals surface area contributed by atoms with Crippen LogP contribution in [0.3, 0.4) is 0 Å². The molecule has 2 heteroatoms. The van der Waals surface area contributed by atoms with E-state index in [1.54, 1.807) is 0 Å². The second kappa shape index (κ2) is 6.21. The van der Waals surface area contributed by atoms with Crippen molar-refractivity contribution in [3.8, 4) is 0 Å². The average molecular weight is 324 g/mol. The van der Waals surface area contributed by atoms with Crippen LogP contribution in [0.2, 0.25) is 0 Å². The Morgan fingerprint density at radius 3 is 1.44 bits per heavy atom. The van der Waals surface area contributed by atoms with Crippen LogP contribution in [0.25, 0.3) is 0 Å². The van der Waals surface area contributed by atoms with Crippen LogP contribution in [-0.2, 0) is 25.5 Å². The predicted octanol–water partition coefficient (Wildman–Crippen LogP) is 4.16. The number of benzene rings is 2. The fourth-order valence-corrected chi connectivity index (χ4v) is 4.88. The van der Waals surface area contributed by atoms with Crippen molar-refractivity contribution in [3.05, 3.63) is 71.8 Å². The van der Waals surface area contributed by atoms with E-state index in [2.05, 4.69) is 48.5 Å². The molecular weight excluding hydrogens is 310 g/mol. The molecule has 2 aromatic carbocycles. The minimum absolute atomic E-state index is 0.967. The van der Waals surface area contributed by atoms with Crippen molar-refractivity contribution >= 4 is 9.53 Å². The van der Waals surface area contributed by atoms with E-state index in [-0.39, 0.29) is 0 Å². The summed E-state index contributed by atoms with van der Waals surface area (Å²) in [4.78, 5) is 2.09. The predicted molar refractivity (Wildman–Crippen MR) is 66.1 cm³/mol. The summed E-state index contributed by atoms with van der Waals surface area (Å²) in [6.07, 6.45) is 0. The maximum atomic E-state index is 6.47. The molecule has 0 radical (unpaired) electrons. The Labute approximate surface area is 107 Å². The van der Waals surface area contributed by atoms with Gasteiger partial charge in [0.2, 0.25) is 0 Å². The summed E-state index contributed by atoms with van der Waals surface area (Å²) >= 11 is -0.967. The van der Waals surface area contributed by atoms with Gasteiger partial charge in [0.1, 0.15) is 0 Å². The van der Waals surface area contributed by atoms with Crippen LogP contribution in [0, 0.1) is 0 Å². The molecule has 0 unspecified atom stereocenters.